The van der Waals surface area contributed by atoms with Crippen molar-refractivity contribution < 1.29 is 9.59 Å². The smallest absolute Gasteiger partial charge is 0.318 e. The summed E-state index contributed by atoms with van der Waals surface area (Å²) in [5.74, 6) is -0.280. The highest BCUT2D eigenvalue weighted by atomic mass is 32.2. The Morgan fingerprint density at radius 1 is 1.33 bits per heavy atom. The van der Waals surface area contributed by atoms with Crippen molar-refractivity contribution >= 4 is 23.7 Å². The van der Waals surface area contributed by atoms with E-state index in [9.17, 15) is 9.59 Å². The highest BCUT2D eigenvalue weighted by Crippen LogP contribution is 2.30. The largest absolute Gasteiger partial charge is 0.351 e. The molecule has 1 saturated carbocycles. The summed E-state index contributed by atoms with van der Waals surface area (Å²) in [7, 11) is 0. The Labute approximate surface area is 94.4 Å². The average Bonchev–Trinajstić information content (AvgIpc) is 2.18. The van der Waals surface area contributed by atoms with Crippen molar-refractivity contribution in [1.82, 2.24) is 5.32 Å². The maximum atomic E-state index is 11.4. The molecule has 0 aromatic rings. The standard InChI is InChI=1S/C10H18N2O2S/c1-7(9(13)12-10(11)14)15-8-5-3-2-4-6-8/h7-8H,2-6H2,1H3,(H3,11,12,13,14)/t7-/m0/s1. The van der Waals surface area contributed by atoms with E-state index in [1.165, 1.54) is 32.1 Å². The molecule has 0 spiro atoms. The highest BCUT2D eigenvalue weighted by molar-refractivity contribution is 8.01. The van der Waals surface area contributed by atoms with Crippen LogP contribution in [0.5, 0.6) is 0 Å². The first-order valence-corrected chi connectivity index (χ1v) is 6.29. The number of thioether (sulfide) groups is 1. The van der Waals surface area contributed by atoms with E-state index in [2.05, 4.69) is 5.32 Å². The van der Waals surface area contributed by atoms with Crippen molar-refractivity contribution in [3.63, 3.8) is 0 Å². The summed E-state index contributed by atoms with van der Waals surface area (Å²) in [6.07, 6.45) is 6.17. The summed E-state index contributed by atoms with van der Waals surface area (Å²) in [6.45, 7) is 1.82. The van der Waals surface area contributed by atoms with Crippen LogP contribution >= 0.6 is 11.8 Å². The van der Waals surface area contributed by atoms with Crippen LogP contribution in [-0.4, -0.2) is 22.4 Å². The molecule has 1 rings (SSSR count). The van der Waals surface area contributed by atoms with E-state index >= 15 is 0 Å². The van der Waals surface area contributed by atoms with Gasteiger partial charge in [0.2, 0.25) is 5.91 Å². The highest BCUT2D eigenvalue weighted by Gasteiger charge is 2.21. The van der Waals surface area contributed by atoms with E-state index in [0.717, 1.165) is 0 Å². The predicted molar refractivity (Wildman–Crippen MR) is 61.7 cm³/mol. The van der Waals surface area contributed by atoms with Crippen molar-refractivity contribution in [2.45, 2.75) is 49.5 Å². The summed E-state index contributed by atoms with van der Waals surface area (Å²) in [6, 6.07) is -0.768. The van der Waals surface area contributed by atoms with Gasteiger partial charge in [-0.3, -0.25) is 10.1 Å². The third-order valence-corrected chi connectivity index (χ3v) is 4.04. The van der Waals surface area contributed by atoms with Crippen LogP contribution in [0.3, 0.4) is 0 Å². The minimum absolute atomic E-state index is 0.194. The minimum Gasteiger partial charge on any atom is -0.351 e. The van der Waals surface area contributed by atoms with Crippen LogP contribution < -0.4 is 11.1 Å². The van der Waals surface area contributed by atoms with E-state index in [1.807, 2.05) is 6.92 Å². The number of carbonyl (C=O) groups excluding carboxylic acids is 2. The molecule has 0 bridgehead atoms. The van der Waals surface area contributed by atoms with Gasteiger partial charge in [-0.1, -0.05) is 19.3 Å². The molecule has 0 aromatic heterocycles. The number of nitrogens with one attached hydrogen (secondary N) is 1. The molecule has 0 aromatic carbocycles. The first-order valence-electron chi connectivity index (χ1n) is 5.35. The lowest BCUT2D eigenvalue weighted by Gasteiger charge is -2.23. The quantitative estimate of drug-likeness (QED) is 0.774. The van der Waals surface area contributed by atoms with Crippen LogP contribution in [0.4, 0.5) is 4.79 Å². The average molecular weight is 230 g/mol. The molecule has 0 aliphatic heterocycles. The predicted octanol–water partition coefficient (Wildman–Crippen LogP) is 1.64. The maximum Gasteiger partial charge on any atom is 0.318 e. The molecule has 5 heteroatoms. The number of hydrogen-bond donors (Lipinski definition) is 2. The SMILES string of the molecule is C[C@H](SC1CCCCC1)C(=O)NC(N)=O. The second-order valence-electron chi connectivity index (χ2n) is 3.89. The van der Waals surface area contributed by atoms with E-state index < -0.39 is 6.03 Å². The molecule has 1 atom stereocenters. The van der Waals surface area contributed by atoms with Crippen LogP contribution in [0, 0.1) is 0 Å². The summed E-state index contributed by atoms with van der Waals surface area (Å²) < 4.78 is 0. The van der Waals surface area contributed by atoms with Gasteiger partial charge in [0.1, 0.15) is 0 Å². The van der Waals surface area contributed by atoms with Gasteiger partial charge in [-0.2, -0.15) is 0 Å². The maximum absolute atomic E-state index is 11.4. The normalized spacial score (nSPS) is 19.5. The molecule has 0 saturated heterocycles. The lowest BCUT2D eigenvalue weighted by Crippen LogP contribution is -2.40. The fourth-order valence-electron chi connectivity index (χ4n) is 1.77. The van der Waals surface area contributed by atoms with E-state index in [4.69, 9.17) is 5.73 Å². The van der Waals surface area contributed by atoms with Gasteiger partial charge in [0, 0.05) is 5.25 Å². The fraction of sp³-hybridized carbons (Fsp3) is 0.800. The number of carbonyl (C=O) groups is 2. The van der Waals surface area contributed by atoms with Crippen molar-refractivity contribution in [1.29, 1.82) is 0 Å². The number of hydrogen-bond acceptors (Lipinski definition) is 3. The second-order valence-corrected chi connectivity index (χ2v) is 5.54. The molecular formula is C10H18N2O2S. The van der Waals surface area contributed by atoms with Gasteiger partial charge < -0.3 is 5.73 Å². The molecule has 0 heterocycles. The first-order chi connectivity index (χ1) is 7.09. The lowest BCUT2D eigenvalue weighted by molar-refractivity contribution is -0.119. The lowest BCUT2D eigenvalue weighted by atomic mass is 10.0. The summed E-state index contributed by atoms with van der Waals surface area (Å²) in [4.78, 5) is 21.9. The van der Waals surface area contributed by atoms with Gasteiger partial charge in [-0.05, 0) is 19.8 Å². The van der Waals surface area contributed by atoms with Crippen LogP contribution in [-0.2, 0) is 4.79 Å². The summed E-state index contributed by atoms with van der Waals surface area (Å²) >= 11 is 1.65. The summed E-state index contributed by atoms with van der Waals surface area (Å²) in [5.41, 5.74) is 4.88. The zero-order valence-corrected chi connectivity index (χ0v) is 9.81. The Morgan fingerprint density at radius 3 is 2.47 bits per heavy atom. The van der Waals surface area contributed by atoms with E-state index in [-0.39, 0.29) is 11.2 Å². The monoisotopic (exact) mass is 230 g/mol. The molecule has 4 nitrogen and oxygen atoms in total. The van der Waals surface area contributed by atoms with Crippen molar-refractivity contribution in [2.24, 2.45) is 5.73 Å². The summed E-state index contributed by atoms with van der Waals surface area (Å²) in [5, 5.41) is 2.48. The van der Waals surface area contributed by atoms with Gasteiger partial charge >= 0.3 is 6.03 Å². The number of rotatable bonds is 3. The Hall–Kier alpha value is -0.710. The minimum atomic E-state index is -0.768. The Balaban J connectivity index is 2.29. The van der Waals surface area contributed by atoms with E-state index in [1.54, 1.807) is 11.8 Å². The van der Waals surface area contributed by atoms with Crippen LogP contribution in [0.25, 0.3) is 0 Å². The number of primary amides is 1. The molecule has 1 aliphatic carbocycles. The van der Waals surface area contributed by atoms with Gasteiger partial charge in [0.15, 0.2) is 0 Å². The van der Waals surface area contributed by atoms with Crippen LogP contribution in [0.1, 0.15) is 39.0 Å². The van der Waals surface area contributed by atoms with Gasteiger partial charge in [-0.15, -0.1) is 11.8 Å². The van der Waals surface area contributed by atoms with Crippen LogP contribution in [0.2, 0.25) is 0 Å². The topological polar surface area (TPSA) is 72.2 Å². The van der Waals surface area contributed by atoms with Gasteiger partial charge in [-0.25, -0.2) is 4.79 Å². The number of urea groups is 1. The third kappa shape index (κ3) is 4.55. The molecule has 3 amide bonds. The van der Waals surface area contributed by atoms with Crippen molar-refractivity contribution in [3.05, 3.63) is 0 Å². The Kier molecular flexibility index (Phi) is 4.94. The molecular weight excluding hydrogens is 212 g/mol. The van der Waals surface area contributed by atoms with Gasteiger partial charge in [0.05, 0.1) is 5.25 Å². The molecule has 3 N–H and O–H groups in total. The first kappa shape index (κ1) is 12.4. The van der Waals surface area contributed by atoms with E-state index in [0.29, 0.717) is 5.25 Å². The van der Waals surface area contributed by atoms with Crippen molar-refractivity contribution in [3.8, 4) is 0 Å². The number of imide groups is 1. The molecule has 0 unspecified atom stereocenters. The molecule has 86 valence electrons. The molecule has 1 fully saturated rings. The number of amides is 3. The second kappa shape index (κ2) is 6.00. The Morgan fingerprint density at radius 2 is 1.93 bits per heavy atom. The zero-order valence-electron chi connectivity index (χ0n) is 8.99. The number of nitrogens with two attached hydrogens (primary N) is 1. The van der Waals surface area contributed by atoms with Crippen LogP contribution in [0.15, 0.2) is 0 Å². The fourth-order valence-corrected chi connectivity index (χ4v) is 3.14. The van der Waals surface area contributed by atoms with Gasteiger partial charge in [0.25, 0.3) is 0 Å². The molecule has 15 heavy (non-hydrogen) atoms. The molecule has 1 aliphatic rings. The Bertz CT molecular complexity index is 240. The third-order valence-electron chi connectivity index (χ3n) is 2.56. The zero-order chi connectivity index (χ0) is 11.3. The molecule has 0 radical (unpaired) electrons. The van der Waals surface area contributed by atoms with Crippen molar-refractivity contribution in [2.75, 3.05) is 0 Å².